The minimum absolute atomic E-state index is 0.0827. The number of hydrogen-bond donors (Lipinski definition) is 1. The Bertz CT molecular complexity index is 549. The van der Waals surface area contributed by atoms with E-state index >= 15 is 0 Å². The topological polar surface area (TPSA) is 49.4 Å². The molecule has 3 fully saturated rings. The van der Waals surface area contributed by atoms with E-state index in [0.717, 1.165) is 32.1 Å². The van der Waals surface area contributed by atoms with Crippen molar-refractivity contribution in [2.75, 3.05) is 6.54 Å². The summed E-state index contributed by atoms with van der Waals surface area (Å²) in [5.74, 6) is 1.00. The normalized spacial score (nSPS) is 29.6. The lowest BCUT2D eigenvalue weighted by Crippen LogP contribution is -2.65. The van der Waals surface area contributed by atoms with Crippen LogP contribution in [0.3, 0.4) is 0 Å². The van der Waals surface area contributed by atoms with E-state index < -0.39 is 0 Å². The van der Waals surface area contributed by atoms with E-state index in [1.54, 1.807) is 11.3 Å². The summed E-state index contributed by atoms with van der Waals surface area (Å²) in [6.07, 6.45) is 5.15. The van der Waals surface area contributed by atoms with Crippen LogP contribution in [0.15, 0.2) is 16.8 Å². The van der Waals surface area contributed by atoms with Gasteiger partial charge >= 0.3 is 0 Å². The summed E-state index contributed by atoms with van der Waals surface area (Å²) < 4.78 is 0. The Kier molecular flexibility index (Phi) is 3.25. The van der Waals surface area contributed by atoms with Crippen LogP contribution in [0.1, 0.15) is 31.2 Å². The number of carbonyl (C=O) groups excluding carboxylic acids is 2. The number of carbonyl (C=O) groups is 2. The van der Waals surface area contributed by atoms with Crippen molar-refractivity contribution in [3.8, 4) is 0 Å². The Morgan fingerprint density at radius 1 is 1.19 bits per heavy atom. The maximum atomic E-state index is 12.8. The number of thiophene rings is 1. The molecular weight excluding hydrogens is 284 g/mol. The van der Waals surface area contributed by atoms with E-state index in [2.05, 4.69) is 22.1 Å². The van der Waals surface area contributed by atoms with Gasteiger partial charge in [0.1, 0.15) is 12.1 Å². The molecule has 0 aromatic carbocycles. The highest BCUT2D eigenvalue weighted by Crippen LogP contribution is 2.40. The van der Waals surface area contributed by atoms with E-state index in [-0.39, 0.29) is 23.9 Å². The molecule has 2 heterocycles. The summed E-state index contributed by atoms with van der Waals surface area (Å²) >= 11 is 1.68. The molecule has 112 valence electrons. The monoisotopic (exact) mass is 304 g/mol. The highest BCUT2D eigenvalue weighted by molar-refractivity contribution is 7.07. The van der Waals surface area contributed by atoms with Gasteiger partial charge in [0, 0.05) is 6.54 Å². The summed E-state index contributed by atoms with van der Waals surface area (Å²) in [5, 5.41) is 7.18. The molecule has 1 aromatic rings. The third-order valence-corrected chi connectivity index (χ3v) is 5.57. The molecule has 1 saturated heterocycles. The smallest absolute Gasteiger partial charge is 0.246 e. The molecule has 1 aliphatic heterocycles. The van der Waals surface area contributed by atoms with Crippen LogP contribution in [0.25, 0.3) is 0 Å². The predicted octanol–water partition coefficient (Wildman–Crippen LogP) is 1.81. The predicted molar refractivity (Wildman–Crippen MR) is 80.9 cm³/mol. The van der Waals surface area contributed by atoms with Crippen LogP contribution in [-0.2, 0) is 16.0 Å². The first-order chi connectivity index (χ1) is 10.2. The molecule has 0 spiro atoms. The highest BCUT2D eigenvalue weighted by atomic mass is 32.1. The van der Waals surface area contributed by atoms with Gasteiger partial charge in [-0.15, -0.1) is 0 Å². The minimum Gasteiger partial charge on any atom is -0.342 e. The average Bonchev–Trinajstić information content (AvgIpc) is 3.39. The molecule has 2 amide bonds. The van der Waals surface area contributed by atoms with E-state index in [0.29, 0.717) is 18.4 Å². The molecular formula is C16H20N2O2S. The quantitative estimate of drug-likeness (QED) is 0.902. The maximum Gasteiger partial charge on any atom is 0.246 e. The fourth-order valence-corrected chi connectivity index (χ4v) is 4.02. The van der Waals surface area contributed by atoms with Gasteiger partial charge in [-0.05, 0) is 66.3 Å². The summed E-state index contributed by atoms with van der Waals surface area (Å²) in [7, 11) is 0. The largest absolute Gasteiger partial charge is 0.342 e. The fourth-order valence-electron chi connectivity index (χ4n) is 3.32. The second-order valence-corrected chi connectivity index (χ2v) is 7.30. The van der Waals surface area contributed by atoms with E-state index in [9.17, 15) is 9.59 Å². The van der Waals surface area contributed by atoms with Crippen molar-refractivity contribution in [3.05, 3.63) is 22.4 Å². The molecule has 4 rings (SSSR count). The molecule has 2 atom stereocenters. The van der Waals surface area contributed by atoms with Gasteiger partial charge in [0.15, 0.2) is 0 Å². The van der Waals surface area contributed by atoms with E-state index in [4.69, 9.17) is 0 Å². The average molecular weight is 304 g/mol. The fraction of sp³-hybridized carbons (Fsp3) is 0.625. The van der Waals surface area contributed by atoms with Gasteiger partial charge in [0.2, 0.25) is 11.8 Å². The summed E-state index contributed by atoms with van der Waals surface area (Å²) in [6.45, 7) is 0.674. The van der Waals surface area contributed by atoms with Gasteiger partial charge in [-0.2, -0.15) is 11.3 Å². The number of rotatable bonds is 5. The number of amides is 2. The van der Waals surface area contributed by atoms with Crippen LogP contribution in [-0.4, -0.2) is 35.3 Å². The SMILES string of the molecule is O=C1NC(C2CC2)C(=O)N(CCc2ccsc2)C1C1CC1. The van der Waals surface area contributed by atoms with Gasteiger partial charge < -0.3 is 10.2 Å². The molecule has 0 bridgehead atoms. The van der Waals surface area contributed by atoms with E-state index in [1.807, 2.05) is 4.90 Å². The lowest BCUT2D eigenvalue weighted by molar-refractivity contribution is -0.150. The van der Waals surface area contributed by atoms with Gasteiger partial charge in [0.25, 0.3) is 0 Å². The molecule has 2 unspecified atom stereocenters. The first-order valence-corrected chi connectivity index (χ1v) is 8.80. The van der Waals surface area contributed by atoms with Crippen LogP contribution in [0, 0.1) is 11.8 Å². The zero-order valence-electron chi connectivity index (χ0n) is 12.0. The van der Waals surface area contributed by atoms with Crippen molar-refractivity contribution in [3.63, 3.8) is 0 Å². The standard InChI is InChI=1S/C16H20N2O2S/c19-15-14(12-3-4-12)18(7-5-10-6-8-21-9-10)16(20)13(17-15)11-1-2-11/h6,8-9,11-14H,1-5,7H2,(H,17,19). The Labute approximate surface area is 128 Å². The zero-order chi connectivity index (χ0) is 14.4. The molecule has 5 heteroatoms. The Hall–Kier alpha value is -1.36. The van der Waals surface area contributed by atoms with Gasteiger partial charge in [0.05, 0.1) is 0 Å². The molecule has 0 radical (unpaired) electrons. The summed E-state index contributed by atoms with van der Waals surface area (Å²) in [5.41, 5.74) is 1.26. The van der Waals surface area contributed by atoms with Crippen molar-refractivity contribution in [2.24, 2.45) is 11.8 Å². The van der Waals surface area contributed by atoms with Gasteiger partial charge in [-0.25, -0.2) is 0 Å². The lowest BCUT2D eigenvalue weighted by Gasteiger charge is -2.39. The van der Waals surface area contributed by atoms with Crippen molar-refractivity contribution in [1.82, 2.24) is 10.2 Å². The van der Waals surface area contributed by atoms with Crippen LogP contribution in [0.2, 0.25) is 0 Å². The lowest BCUT2D eigenvalue weighted by atomic mass is 10.00. The first kappa shape index (κ1) is 13.3. The first-order valence-electron chi connectivity index (χ1n) is 7.86. The van der Waals surface area contributed by atoms with Crippen LogP contribution in [0.5, 0.6) is 0 Å². The van der Waals surface area contributed by atoms with Gasteiger partial charge in [-0.1, -0.05) is 0 Å². The molecule has 2 saturated carbocycles. The number of piperazine rings is 1. The molecule has 1 N–H and O–H groups in total. The number of hydrogen-bond acceptors (Lipinski definition) is 3. The molecule has 3 aliphatic rings. The van der Waals surface area contributed by atoms with Crippen molar-refractivity contribution >= 4 is 23.2 Å². The maximum absolute atomic E-state index is 12.8. The molecule has 2 aliphatic carbocycles. The third-order valence-electron chi connectivity index (χ3n) is 4.83. The zero-order valence-corrected chi connectivity index (χ0v) is 12.8. The molecule has 21 heavy (non-hydrogen) atoms. The molecule has 4 nitrogen and oxygen atoms in total. The van der Waals surface area contributed by atoms with Crippen LogP contribution >= 0.6 is 11.3 Å². The molecule has 1 aromatic heterocycles. The van der Waals surface area contributed by atoms with Crippen molar-refractivity contribution < 1.29 is 9.59 Å². The number of nitrogens with zero attached hydrogens (tertiary/aromatic N) is 1. The van der Waals surface area contributed by atoms with Crippen LogP contribution < -0.4 is 5.32 Å². The Balaban J connectivity index is 1.52. The number of nitrogens with one attached hydrogen (secondary N) is 1. The Morgan fingerprint density at radius 3 is 2.57 bits per heavy atom. The van der Waals surface area contributed by atoms with Gasteiger partial charge in [-0.3, -0.25) is 9.59 Å². The van der Waals surface area contributed by atoms with E-state index in [1.165, 1.54) is 5.56 Å². The van der Waals surface area contributed by atoms with Crippen LogP contribution in [0.4, 0.5) is 0 Å². The minimum atomic E-state index is -0.255. The summed E-state index contributed by atoms with van der Waals surface area (Å²) in [4.78, 5) is 27.1. The highest BCUT2D eigenvalue weighted by Gasteiger charge is 2.50. The second-order valence-electron chi connectivity index (χ2n) is 6.52. The van der Waals surface area contributed by atoms with Crippen molar-refractivity contribution in [1.29, 1.82) is 0 Å². The summed E-state index contributed by atoms with van der Waals surface area (Å²) in [6, 6.07) is 1.63. The van der Waals surface area contributed by atoms with Crippen molar-refractivity contribution in [2.45, 2.75) is 44.2 Å². The second kappa shape index (κ2) is 5.13. The third kappa shape index (κ3) is 2.59. The Morgan fingerprint density at radius 2 is 1.95 bits per heavy atom.